The van der Waals surface area contributed by atoms with E-state index in [-0.39, 0.29) is 17.1 Å². The molecule has 0 amide bonds. The van der Waals surface area contributed by atoms with Crippen LogP contribution in [0.25, 0.3) is 0 Å². The third-order valence-corrected chi connectivity index (χ3v) is 7.30. The summed E-state index contributed by atoms with van der Waals surface area (Å²) in [6.45, 7) is 9.29. The Morgan fingerprint density at radius 2 is 2.06 bits per heavy atom. The highest BCUT2D eigenvalue weighted by molar-refractivity contribution is 9.09. The van der Waals surface area contributed by atoms with E-state index < -0.39 is 0 Å². The molecule has 104 valence electrons. The van der Waals surface area contributed by atoms with Crippen molar-refractivity contribution in [3.63, 3.8) is 0 Å². The van der Waals surface area contributed by atoms with E-state index in [9.17, 15) is 0 Å². The van der Waals surface area contributed by atoms with Gasteiger partial charge in [-0.1, -0.05) is 51.8 Å². The van der Waals surface area contributed by atoms with Gasteiger partial charge in [-0.25, -0.2) is 0 Å². The second kappa shape index (κ2) is 5.21. The van der Waals surface area contributed by atoms with Crippen LogP contribution in [0.4, 0.5) is 0 Å². The van der Waals surface area contributed by atoms with Gasteiger partial charge in [-0.15, -0.1) is 0 Å². The Bertz CT molecular complexity index is 350. The number of ether oxygens (including phenoxy) is 1. The molecule has 1 aliphatic heterocycles. The van der Waals surface area contributed by atoms with Gasteiger partial charge in [-0.05, 0) is 50.0 Å². The Kier molecular flexibility index (Phi) is 4.36. The SMILES string of the molecule is CC1=CCC2C(C)(CCC(Br)C2(C)C)OC1CBr. The van der Waals surface area contributed by atoms with E-state index in [0.717, 1.165) is 18.2 Å². The summed E-state index contributed by atoms with van der Waals surface area (Å²) >= 11 is 7.48. The van der Waals surface area contributed by atoms with Crippen LogP contribution in [-0.4, -0.2) is 21.9 Å². The second-order valence-electron chi connectivity index (χ2n) is 6.64. The predicted octanol–water partition coefficient (Wildman–Crippen LogP) is 5.07. The van der Waals surface area contributed by atoms with Crippen molar-refractivity contribution in [2.45, 2.75) is 63.5 Å². The van der Waals surface area contributed by atoms with E-state index in [2.05, 4.69) is 65.6 Å². The van der Waals surface area contributed by atoms with Gasteiger partial charge in [0.1, 0.15) is 0 Å². The quantitative estimate of drug-likeness (QED) is 0.456. The smallest absolute Gasteiger partial charge is 0.0886 e. The van der Waals surface area contributed by atoms with Crippen LogP contribution in [-0.2, 0) is 4.74 Å². The Balaban J connectivity index is 2.34. The van der Waals surface area contributed by atoms with Crippen LogP contribution in [0, 0.1) is 11.3 Å². The van der Waals surface area contributed by atoms with Gasteiger partial charge in [0.25, 0.3) is 0 Å². The molecule has 4 atom stereocenters. The van der Waals surface area contributed by atoms with Gasteiger partial charge in [0.15, 0.2) is 0 Å². The maximum absolute atomic E-state index is 6.51. The molecule has 0 spiro atoms. The van der Waals surface area contributed by atoms with Crippen LogP contribution in [0.2, 0.25) is 0 Å². The van der Waals surface area contributed by atoms with Gasteiger partial charge in [0, 0.05) is 10.2 Å². The number of fused-ring (bicyclic) bond motifs is 1. The fourth-order valence-corrected chi connectivity index (χ4v) is 4.86. The molecule has 1 aliphatic carbocycles. The molecule has 1 heterocycles. The molecule has 0 aromatic carbocycles. The molecule has 0 N–H and O–H groups in total. The standard InChI is InChI=1S/C15H24Br2O/c1-10-5-6-12-14(2,3)13(17)7-8-15(12,4)18-11(10)9-16/h5,11-13H,6-9H2,1-4H3. The minimum Gasteiger partial charge on any atom is -0.367 e. The number of hydrogen-bond acceptors (Lipinski definition) is 1. The van der Waals surface area contributed by atoms with Crippen molar-refractivity contribution in [2.75, 3.05) is 5.33 Å². The average molecular weight is 380 g/mol. The van der Waals surface area contributed by atoms with Crippen molar-refractivity contribution < 1.29 is 4.74 Å². The lowest BCUT2D eigenvalue weighted by molar-refractivity contribution is -0.143. The first kappa shape index (κ1) is 15.1. The Hall–Kier alpha value is 0.660. The Morgan fingerprint density at radius 1 is 1.39 bits per heavy atom. The van der Waals surface area contributed by atoms with Gasteiger partial charge in [0.05, 0.1) is 11.7 Å². The zero-order valence-electron chi connectivity index (χ0n) is 11.8. The molecule has 4 unspecified atom stereocenters. The minimum atomic E-state index is 0.0144. The summed E-state index contributed by atoms with van der Waals surface area (Å²) in [6, 6.07) is 0. The van der Waals surface area contributed by atoms with Crippen LogP contribution in [0.3, 0.4) is 0 Å². The van der Waals surface area contributed by atoms with E-state index in [0.29, 0.717) is 10.7 Å². The molecule has 1 saturated carbocycles. The van der Waals surface area contributed by atoms with E-state index >= 15 is 0 Å². The molecule has 2 aliphatic rings. The first-order valence-corrected chi connectivity index (χ1v) is 8.89. The molecule has 0 aromatic rings. The van der Waals surface area contributed by atoms with Crippen molar-refractivity contribution in [3.05, 3.63) is 11.6 Å². The minimum absolute atomic E-state index is 0.0144. The van der Waals surface area contributed by atoms with Gasteiger partial charge in [-0.2, -0.15) is 0 Å². The lowest BCUT2D eigenvalue weighted by Gasteiger charge is -2.52. The van der Waals surface area contributed by atoms with Crippen LogP contribution in [0.1, 0.15) is 47.0 Å². The Labute approximate surface area is 128 Å². The summed E-state index contributed by atoms with van der Waals surface area (Å²) in [6.07, 6.45) is 6.13. The molecular formula is C15H24Br2O. The van der Waals surface area contributed by atoms with Gasteiger partial charge in [-0.3, -0.25) is 0 Å². The molecule has 0 aromatic heterocycles. The number of rotatable bonds is 1. The topological polar surface area (TPSA) is 9.23 Å². The van der Waals surface area contributed by atoms with E-state index in [1.807, 2.05) is 0 Å². The average Bonchev–Trinajstić information content (AvgIpc) is 2.43. The molecule has 3 heteroatoms. The first-order valence-electron chi connectivity index (χ1n) is 6.86. The molecular weight excluding hydrogens is 356 g/mol. The van der Waals surface area contributed by atoms with Gasteiger partial charge in [0.2, 0.25) is 0 Å². The molecule has 0 saturated heterocycles. The second-order valence-corrected chi connectivity index (χ2v) is 8.39. The zero-order valence-corrected chi connectivity index (χ0v) is 15.0. The molecule has 0 bridgehead atoms. The third-order valence-electron chi connectivity index (χ3n) is 5.07. The van der Waals surface area contributed by atoms with Crippen LogP contribution >= 0.6 is 31.9 Å². The lowest BCUT2D eigenvalue weighted by Crippen LogP contribution is -2.53. The van der Waals surface area contributed by atoms with Crippen molar-refractivity contribution >= 4 is 31.9 Å². The van der Waals surface area contributed by atoms with Crippen LogP contribution < -0.4 is 0 Å². The van der Waals surface area contributed by atoms with Crippen LogP contribution in [0.15, 0.2) is 11.6 Å². The first-order chi connectivity index (χ1) is 8.31. The summed E-state index contributed by atoms with van der Waals surface area (Å²) in [4.78, 5) is 0.598. The summed E-state index contributed by atoms with van der Waals surface area (Å²) < 4.78 is 6.51. The Morgan fingerprint density at radius 3 is 2.67 bits per heavy atom. The molecule has 1 nitrogen and oxygen atoms in total. The lowest BCUT2D eigenvalue weighted by atomic mass is 9.60. The summed E-state index contributed by atoms with van der Waals surface area (Å²) in [5.41, 5.74) is 1.68. The zero-order chi connectivity index (χ0) is 13.6. The van der Waals surface area contributed by atoms with Crippen molar-refractivity contribution in [2.24, 2.45) is 11.3 Å². The molecule has 2 rings (SSSR count). The highest BCUT2D eigenvalue weighted by Gasteiger charge is 2.52. The van der Waals surface area contributed by atoms with Crippen LogP contribution in [0.5, 0.6) is 0 Å². The molecule has 1 fully saturated rings. The number of hydrogen-bond donors (Lipinski definition) is 0. The molecule has 0 radical (unpaired) electrons. The van der Waals surface area contributed by atoms with Gasteiger partial charge >= 0.3 is 0 Å². The maximum Gasteiger partial charge on any atom is 0.0886 e. The number of allylic oxidation sites excluding steroid dienone is 1. The van der Waals surface area contributed by atoms with E-state index in [1.54, 1.807) is 0 Å². The highest BCUT2D eigenvalue weighted by atomic mass is 79.9. The largest absolute Gasteiger partial charge is 0.367 e. The van der Waals surface area contributed by atoms with Crippen molar-refractivity contribution in [1.82, 2.24) is 0 Å². The highest BCUT2D eigenvalue weighted by Crippen LogP contribution is 2.53. The maximum atomic E-state index is 6.51. The van der Waals surface area contributed by atoms with E-state index in [4.69, 9.17) is 4.74 Å². The monoisotopic (exact) mass is 378 g/mol. The number of alkyl halides is 2. The fraction of sp³-hybridized carbons (Fsp3) is 0.867. The van der Waals surface area contributed by atoms with Crippen molar-refractivity contribution in [1.29, 1.82) is 0 Å². The fourth-order valence-electron chi connectivity index (χ4n) is 3.67. The third kappa shape index (κ3) is 2.47. The summed E-state index contributed by atoms with van der Waals surface area (Å²) in [5.74, 6) is 0.585. The number of halogens is 2. The summed E-state index contributed by atoms with van der Waals surface area (Å²) in [5, 5.41) is 0.899. The normalized spacial score (nSPS) is 43.9. The molecule has 18 heavy (non-hydrogen) atoms. The predicted molar refractivity (Wildman–Crippen MR) is 84.7 cm³/mol. The van der Waals surface area contributed by atoms with Crippen molar-refractivity contribution in [3.8, 4) is 0 Å². The van der Waals surface area contributed by atoms with Gasteiger partial charge < -0.3 is 4.74 Å². The summed E-state index contributed by atoms with van der Waals surface area (Å²) in [7, 11) is 0. The van der Waals surface area contributed by atoms with E-state index in [1.165, 1.54) is 12.0 Å².